The van der Waals surface area contributed by atoms with Crippen LogP contribution in [-0.4, -0.2) is 36.3 Å². The predicted octanol–water partition coefficient (Wildman–Crippen LogP) is 2.49. The molecule has 1 rings (SSSR count). The van der Waals surface area contributed by atoms with Gasteiger partial charge in [-0.2, -0.15) is 17.2 Å². The number of hydrogen-bond donors (Lipinski definition) is 1. The van der Waals surface area contributed by atoms with Crippen molar-refractivity contribution in [2.24, 2.45) is 0 Å². The third-order valence-corrected chi connectivity index (χ3v) is 4.29. The van der Waals surface area contributed by atoms with Gasteiger partial charge in [-0.15, -0.1) is 0 Å². The lowest BCUT2D eigenvalue weighted by atomic mass is 10.1. The molecule has 0 aliphatic rings. The largest absolute Gasteiger partial charge is 0.452 e. The van der Waals surface area contributed by atoms with Gasteiger partial charge < -0.3 is 9.47 Å². The summed E-state index contributed by atoms with van der Waals surface area (Å²) in [6.07, 6.45) is -1.30. The van der Waals surface area contributed by atoms with Crippen molar-refractivity contribution in [3.8, 4) is 5.75 Å². The maximum absolute atomic E-state index is 13.3. The van der Waals surface area contributed by atoms with Gasteiger partial charge in [0, 0.05) is 12.2 Å². The van der Waals surface area contributed by atoms with Crippen LogP contribution >= 0.6 is 0 Å². The van der Waals surface area contributed by atoms with Crippen LogP contribution < -0.4 is 4.74 Å². The number of hydrogen-bond acceptors (Lipinski definition) is 6. The van der Waals surface area contributed by atoms with Crippen LogP contribution in [0.1, 0.15) is 23.6 Å². The molecule has 1 aromatic carbocycles. The minimum atomic E-state index is -5.76. The standard InChI is InChI=1S/C16H18F2O7S/c1-9-7-10(2)15(11(3)8-9)25-14(20)6-5-13(19)24-12(4)16(17,18)26(21,22)23/h5-8,12H,1-4H3,(H,21,22,23)/b6-5-. The van der Waals surface area contributed by atoms with Gasteiger partial charge in [-0.05, 0) is 38.8 Å². The molecule has 0 radical (unpaired) electrons. The van der Waals surface area contributed by atoms with Gasteiger partial charge in [-0.1, -0.05) is 17.7 Å². The zero-order valence-corrected chi connectivity index (χ0v) is 15.3. The highest BCUT2D eigenvalue weighted by molar-refractivity contribution is 7.86. The maximum atomic E-state index is 13.3. The molecule has 1 N–H and O–H groups in total. The maximum Gasteiger partial charge on any atom is 0.405 e. The van der Waals surface area contributed by atoms with Gasteiger partial charge in [-0.3, -0.25) is 4.55 Å². The second-order valence-corrected chi connectivity index (χ2v) is 7.09. The number of rotatable bonds is 6. The summed E-state index contributed by atoms with van der Waals surface area (Å²) in [6, 6.07) is 3.57. The molecule has 0 amide bonds. The van der Waals surface area contributed by atoms with Crippen LogP contribution in [0.5, 0.6) is 5.75 Å². The lowest BCUT2D eigenvalue weighted by molar-refractivity contribution is -0.153. The smallest absolute Gasteiger partial charge is 0.405 e. The molecule has 1 unspecified atom stereocenters. The van der Waals surface area contributed by atoms with E-state index in [4.69, 9.17) is 9.29 Å². The summed E-state index contributed by atoms with van der Waals surface area (Å²) in [5.74, 6) is -2.06. The molecule has 0 heterocycles. The van der Waals surface area contributed by atoms with E-state index in [1.165, 1.54) is 0 Å². The molecular weight excluding hydrogens is 374 g/mol. The quantitative estimate of drug-likeness (QED) is 0.343. The first-order chi connectivity index (χ1) is 11.8. The van der Waals surface area contributed by atoms with Crippen molar-refractivity contribution >= 4 is 22.1 Å². The Morgan fingerprint density at radius 3 is 2.04 bits per heavy atom. The van der Waals surface area contributed by atoms with Crippen molar-refractivity contribution in [2.45, 2.75) is 39.1 Å². The molecule has 0 saturated heterocycles. The first-order valence-corrected chi connectivity index (χ1v) is 8.73. The average molecular weight is 392 g/mol. The normalized spacial score (nSPS) is 13.5. The van der Waals surface area contributed by atoms with Gasteiger partial charge in [0.15, 0.2) is 6.10 Å². The lowest BCUT2D eigenvalue weighted by Gasteiger charge is -2.19. The van der Waals surface area contributed by atoms with Crippen LogP contribution in [0.3, 0.4) is 0 Å². The SMILES string of the molecule is Cc1cc(C)c(OC(=O)/C=C\C(=O)OC(C)C(F)(F)S(=O)(=O)O)c(C)c1. The van der Waals surface area contributed by atoms with E-state index >= 15 is 0 Å². The number of carbonyl (C=O) groups excluding carboxylic acids is 2. The second-order valence-electron chi connectivity index (χ2n) is 5.60. The Labute approximate surface area is 149 Å². The van der Waals surface area contributed by atoms with E-state index in [0.717, 1.165) is 5.56 Å². The minimum Gasteiger partial charge on any atom is -0.452 e. The second kappa shape index (κ2) is 7.92. The molecule has 0 saturated carbocycles. The zero-order valence-electron chi connectivity index (χ0n) is 14.4. The molecule has 0 fully saturated rings. The Morgan fingerprint density at radius 1 is 1.12 bits per heavy atom. The third kappa shape index (κ3) is 5.33. The zero-order chi connectivity index (χ0) is 20.3. The molecule has 0 aliphatic heterocycles. The van der Waals surface area contributed by atoms with E-state index in [2.05, 4.69) is 4.74 Å². The summed E-state index contributed by atoms with van der Waals surface area (Å²) in [5, 5.41) is -4.69. The van der Waals surface area contributed by atoms with E-state index in [0.29, 0.717) is 36.0 Å². The van der Waals surface area contributed by atoms with Crippen molar-refractivity contribution in [1.82, 2.24) is 0 Å². The summed E-state index contributed by atoms with van der Waals surface area (Å²) in [7, 11) is -5.76. The van der Waals surface area contributed by atoms with Crippen molar-refractivity contribution in [3.05, 3.63) is 41.0 Å². The molecule has 144 valence electrons. The molecule has 26 heavy (non-hydrogen) atoms. The Hall–Kier alpha value is -2.33. The average Bonchev–Trinajstić information content (AvgIpc) is 2.47. The molecular formula is C16H18F2O7S. The van der Waals surface area contributed by atoms with E-state index in [9.17, 15) is 26.8 Å². The van der Waals surface area contributed by atoms with Gasteiger partial charge in [0.05, 0.1) is 0 Å². The topological polar surface area (TPSA) is 107 Å². The Bertz CT molecular complexity index is 821. The lowest BCUT2D eigenvalue weighted by Crippen LogP contribution is -2.41. The van der Waals surface area contributed by atoms with Crippen molar-refractivity contribution in [3.63, 3.8) is 0 Å². The minimum absolute atomic E-state index is 0.296. The Morgan fingerprint density at radius 2 is 1.58 bits per heavy atom. The van der Waals surface area contributed by atoms with Crippen molar-refractivity contribution in [2.75, 3.05) is 0 Å². The van der Waals surface area contributed by atoms with Crippen LogP contribution in [0.4, 0.5) is 8.78 Å². The number of alkyl halides is 2. The van der Waals surface area contributed by atoms with E-state index < -0.39 is 33.4 Å². The summed E-state index contributed by atoms with van der Waals surface area (Å²) in [4.78, 5) is 23.2. The monoisotopic (exact) mass is 392 g/mol. The van der Waals surface area contributed by atoms with E-state index in [1.807, 2.05) is 6.92 Å². The number of halogens is 2. The first-order valence-electron chi connectivity index (χ1n) is 7.29. The molecule has 0 spiro atoms. The van der Waals surface area contributed by atoms with Gasteiger partial charge in [0.2, 0.25) is 0 Å². The first kappa shape index (κ1) is 21.7. The van der Waals surface area contributed by atoms with Crippen LogP contribution in [-0.2, 0) is 24.4 Å². The van der Waals surface area contributed by atoms with Crippen LogP contribution in [0.25, 0.3) is 0 Å². The van der Waals surface area contributed by atoms with Crippen LogP contribution in [0.2, 0.25) is 0 Å². The van der Waals surface area contributed by atoms with Crippen molar-refractivity contribution in [1.29, 1.82) is 0 Å². The highest BCUT2D eigenvalue weighted by Gasteiger charge is 2.51. The molecule has 7 nitrogen and oxygen atoms in total. The van der Waals surface area contributed by atoms with Crippen molar-refractivity contribution < 1.29 is 40.8 Å². The van der Waals surface area contributed by atoms with Crippen LogP contribution in [0.15, 0.2) is 24.3 Å². The molecule has 10 heteroatoms. The predicted molar refractivity (Wildman–Crippen MR) is 87.5 cm³/mol. The molecule has 1 aromatic rings. The molecule has 0 aromatic heterocycles. The fourth-order valence-electron chi connectivity index (χ4n) is 2.09. The molecule has 0 aliphatic carbocycles. The number of benzene rings is 1. The van der Waals surface area contributed by atoms with Gasteiger partial charge in [0.1, 0.15) is 5.75 Å². The summed E-state index contributed by atoms with van der Waals surface area (Å²) >= 11 is 0. The van der Waals surface area contributed by atoms with E-state index in [-0.39, 0.29) is 0 Å². The summed E-state index contributed by atoms with van der Waals surface area (Å²) in [6.45, 7) is 5.89. The fourth-order valence-corrected chi connectivity index (χ4v) is 2.56. The number of aryl methyl sites for hydroxylation is 3. The number of ether oxygens (including phenoxy) is 2. The Balaban J connectivity index is 2.76. The number of esters is 2. The van der Waals surface area contributed by atoms with E-state index in [1.54, 1.807) is 26.0 Å². The fraction of sp³-hybridized carbons (Fsp3) is 0.375. The summed E-state index contributed by atoms with van der Waals surface area (Å²) in [5.41, 5.74) is 2.34. The van der Waals surface area contributed by atoms with Crippen LogP contribution in [0, 0.1) is 20.8 Å². The highest BCUT2D eigenvalue weighted by Crippen LogP contribution is 2.27. The Kier molecular flexibility index (Phi) is 6.61. The van der Waals surface area contributed by atoms with Gasteiger partial charge in [0.25, 0.3) is 0 Å². The summed E-state index contributed by atoms with van der Waals surface area (Å²) < 4.78 is 65.3. The molecule has 1 atom stereocenters. The number of carbonyl (C=O) groups is 2. The molecule has 0 bridgehead atoms. The third-order valence-electron chi connectivity index (χ3n) is 3.27. The van der Waals surface area contributed by atoms with Gasteiger partial charge in [-0.25, -0.2) is 9.59 Å². The highest BCUT2D eigenvalue weighted by atomic mass is 32.2. The van der Waals surface area contributed by atoms with Gasteiger partial charge >= 0.3 is 27.3 Å².